The molecule has 110 valence electrons. The molecule has 0 radical (unpaired) electrons. The van der Waals surface area contributed by atoms with Crippen LogP contribution in [0.5, 0.6) is 0 Å². The molecule has 1 fully saturated rings. The molecule has 0 aliphatic heterocycles. The maximum atomic E-state index is 2.29. The van der Waals surface area contributed by atoms with Crippen LogP contribution in [0.25, 0.3) is 0 Å². The van der Waals surface area contributed by atoms with Gasteiger partial charge in [-0.15, -0.1) is 0 Å². The average Bonchev–Trinajstić information content (AvgIpc) is 3.28. The standard InChI is InChI=1S/C19H24N2/c1-20(2)16-9-5-14(6-10-16)18-13-19(18)15-7-11-17(12-8-15)21(3)4/h5-12,18-19H,13H2,1-4H3. The van der Waals surface area contributed by atoms with E-state index >= 15 is 0 Å². The summed E-state index contributed by atoms with van der Waals surface area (Å²) in [7, 11) is 8.34. The fourth-order valence-corrected chi connectivity index (χ4v) is 2.97. The summed E-state index contributed by atoms with van der Waals surface area (Å²) in [6, 6.07) is 18.0. The largest absolute Gasteiger partial charge is 0.378 e. The fraction of sp³-hybridized carbons (Fsp3) is 0.368. The SMILES string of the molecule is CN(C)c1ccc(C2CC2c2ccc(N(C)C)cc2)cc1. The van der Waals surface area contributed by atoms with Crippen molar-refractivity contribution in [2.45, 2.75) is 18.3 Å². The smallest absolute Gasteiger partial charge is 0.0361 e. The molecule has 2 aromatic carbocycles. The molecule has 1 aliphatic carbocycles. The molecule has 0 N–H and O–H groups in total. The minimum Gasteiger partial charge on any atom is -0.378 e. The second-order valence-electron chi connectivity index (χ2n) is 6.42. The Bertz CT molecular complexity index is 541. The predicted molar refractivity (Wildman–Crippen MR) is 91.6 cm³/mol. The van der Waals surface area contributed by atoms with Crippen LogP contribution in [0.1, 0.15) is 29.4 Å². The van der Waals surface area contributed by atoms with Crippen molar-refractivity contribution < 1.29 is 0 Å². The highest BCUT2D eigenvalue weighted by Gasteiger charge is 2.39. The molecule has 0 heterocycles. The summed E-state index contributed by atoms with van der Waals surface area (Å²) in [5.41, 5.74) is 5.49. The van der Waals surface area contributed by atoms with Crippen LogP contribution in [0, 0.1) is 0 Å². The second kappa shape index (κ2) is 5.44. The zero-order valence-corrected chi connectivity index (χ0v) is 13.4. The van der Waals surface area contributed by atoms with Crippen LogP contribution >= 0.6 is 0 Å². The first-order chi connectivity index (χ1) is 10.1. The third kappa shape index (κ3) is 2.90. The molecule has 2 atom stereocenters. The normalized spacial score (nSPS) is 20.2. The number of hydrogen-bond donors (Lipinski definition) is 0. The highest BCUT2D eigenvalue weighted by atomic mass is 15.1. The Hall–Kier alpha value is -1.96. The van der Waals surface area contributed by atoms with Crippen molar-refractivity contribution in [3.8, 4) is 0 Å². The van der Waals surface area contributed by atoms with Gasteiger partial charge < -0.3 is 9.80 Å². The molecular formula is C19H24N2. The van der Waals surface area contributed by atoms with Crippen LogP contribution in [0.3, 0.4) is 0 Å². The first kappa shape index (κ1) is 14.0. The third-order valence-electron chi connectivity index (χ3n) is 4.47. The number of anilines is 2. The number of nitrogens with zero attached hydrogens (tertiary/aromatic N) is 2. The minimum absolute atomic E-state index is 0.700. The summed E-state index contributed by atoms with van der Waals surface area (Å²) in [5, 5.41) is 0. The van der Waals surface area contributed by atoms with E-state index in [9.17, 15) is 0 Å². The van der Waals surface area contributed by atoms with E-state index in [0.717, 1.165) is 0 Å². The van der Waals surface area contributed by atoms with E-state index in [4.69, 9.17) is 0 Å². The van der Waals surface area contributed by atoms with Gasteiger partial charge in [0.1, 0.15) is 0 Å². The fourth-order valence-electron chi connectivity index (χ4n) is 2.97. The average molecular weight is 280 g/mol. The Balaban J connectivity index is 1.70. The molecule has 0 aromatic heterocycles. The topological polar surface area (TPSA) is 6.48 Å². The van der Waals surface area contributed by atoms with E-state index < -0.39 is 0 Å². The summed E-state index contributed by atoms with van der Waals surface area (Å²) >= 11 is 0. The Morgan fingerprint density at radius 3 is 1.24 bits per heavy atom. The van der Waals surface area contributed by atoms with Gasteiger partial charge in [-0.1, -0.05) is 24.3 Å². The first-order valence-corrected chi connectivity index (χ1v) is 7.61. The summed E-state index contributed by atoms with van der Waals surface area (Å²) in [6.45, 7) is 0. The van der Waals surface area contributed by atoms with Crippen LogP contribution in [0.15, 0.2) is 48.5 Å². The van der Waals surface area contributed by atoms with E-state index in [1.54, 1.807) is 0 Å². The van der Waals surface area contributed by atoms with Gasteiger partial charge in [-0.25, -0.2) is 0 Å². The van der Waals surface area contributed by atoms with Crippen molar-refractivity contribution in [3.63, 3.8) is 0 Å². The summed E-state index contributed by atoms with van der Waals surface area (Å²) in [5.74, 6) is 1.40. The lowest BCUT2D eigenvalue weighted by atomic mass is 10.0. The Kier molecular flexibility index (Phi) is 3.62. The van der Waals surface area contributed by atoms with Crippen LogP contribution in [-0.4, -0.2) is 28.2 Å². The summed E-state index contributed by atoms with van der Waals surface area (Å²) in [4.78, 5) is 4.29. The van der Waals surface area contributed by atoms with Gasteiger partial charge in [-0.2, -0.15) is 0 Å². The highest BCUT2D eigenvalue weighted by Crippen LogP contribution is 2.54. The maximum Gasteiger partial charge on any atom is 0.0361 e. The molecule has 0 amide bonds. The van der Waals surface area contributed by atoms with Crippen molar-refractivity contribution in [2.75, 3.05) is 38.0 Å². The van der Waals surface area contributed by atoms with E-state index in [1.807, 2.05) is 0 Å². The maximum absolute atomic E-state index is 2.29. The van der Waals surface area contributed by atoms with E-state index in [0.29, 0.717) is 11.8 Å². The lowest BCUT2D eigenvalue weighted by molar-refractivity contribution is 1.02. The van der Waals surface area contributed by atoms with Crippen molar-refractivity contribution >= 4 is 11.4 Å². The molecule has 2 aromatic rings. The van der Waals surface area contributed by atoms with Gasteiger partial charge in [0.05, 0.1) is 0 Å². The van der Waals surface area contributed by atoms with E-state index in [2.05, 4.69) is 86.5 Å². The quantitative estimate of drug-likeness (QED) is 0.832. The number of hydrogen-bond acceptors (Lipinski definition) is 2. The van der Waals surface area contributed by atoms with Crippen LogP contribution in [0.2, 0.25) is 0 Å². The molecule has 21 heavy (non-hydrogen) atoms. The van der Waals surface area contributed by atoms with E-state index in [-0.39, 0.29) is 0 Å². The molecule has 3 rings (SSSR count). The summed E-state index contributed by atoms with van der Waals surface area (Å²) < 4.78 is 0. The molecular weight excluding hydrogens is 256 g/mol. The summed E-state index contributed by atoms with van der Waals surface area (Å²) in [6.07, 6.45) is 1.28. The van der Waals surface area contributed by atoms with Gasteiger partial charge in [-0.05, 0) is 53.6 Å². The van der Waals surface area contributed by atoms with Gasteiger partial charge in [0, 0.05) is 39.6 Å². The Morgan fingerprint density at radius 2 is 0.952 bits per heavy atom. The molecule has 2 nitrogen and oxygen atoms in total. The van der Waals surface area contributed by atoms with Crippen LogP contribution < -0.4 is 9.80 Å². The molecule has 2 unspecified atom stereocenters. The molecule has 0 bridgehead atoms. The zero-order valence-electron chi connectivity index (χ0n) is 13.4. The van der Waals surface area contributed by atoms with Crippen molar-refractivity contribution in [3.05, 3.63) is 59.7 Å². The highest BCUT2D eigenvalue weighted by molar-refractivity contribution is 5.50. The second-order valence-corrected chi connectivity index (χ2v) is 6.42. The Morgan fingerprint density at radius 1 is 0.619 bits per heavy atom. The van der Waals surface area contributed by atoms with Gasteiger partial charge in [0.25, 0.3) is 0 Å². The van der Waals surface area contributed by atoms with Crippen molar-refractivity contribution in [1.82, 2.24) is 0 Å². The lowest BCUT2D eigenvalue weighted by Gasteiger charge is -2.13. The zero-order chi connectivity index (χ0) is 15.0. The molecule has 2 heteroatoms. The van der Waals surface area contributed by atoms with Crippen LogP contribution in [-0.2, 0) is 0 Å². The third-order valence-corrected chi connectivity index (χ3v) is 4.47. The predicted octanol–water partition coefficient (Wildman–Crippen LogP) is 4.09. The van der Waals surface area contributed by atoms with Crippen molar-refractivity contribution in [2.24, 2.45) is 0 Å². The van der Waals surface area contributed by atoms with Crippen molar-refractivity contribution in [1.29, 1.82) is 0 Å². The van der Waals surface area contributed by atoms with E-state index in [1.165, 1.54) is 28.9 Å². The monoisotopic (exact) mass is 280 g/mol. The van der Waals surface area contributed by atoms with Gasteiger partial charge in [0.2, 0.25) is 0 Å². The first-order valence-electron chi connectivity index (χ1n) is 7.61. The molecule has 1 aliphatic rings. The lowest BCUT2D eigenvalue weighted by Crippen LogP contribution is -2.08. The molecule has 0 saturated heterocycles. The van der Waals surface area contributed by atoms with Gasteiger partial charge in [0.15, 0.2) is 0 Å². The number of benzene rings is 2. The molecule has 0 spiro atoms. The Labute approximate surface area is 128 Å². The number of rotatable bonds is 4. The van der Waals surface area contributed by atoms with Gasteiger partial charge >= 0.3 is 0 Å². The molecule has 1 saturated carbocycles. The van der Waals surface area contributed by atoms with Crippen LogP contribution in [0.4, 0.5) is 11.4 Å². The van der Waals surface area contributed by atoms with Gasteiger partial charge in [-0.3, -0.25) is 0 Å². The minimum atomic E-state index is 0.700.